The fourth-order valence-corrected chi connectivity index (χ4v) is 10.1. The maximum Gasteiger partial charge on any atom is 0.307 e. The van der Waals surface area contributed by atoms with Gasteiger partial charge < -0.3 is 19.1 Å². The van der Waals surface area contributed by atoms with Crippen molar-refractivity contribution in [3.8, 4) is 11.6 Å². The first-order valence-corrected chi connectivity index (χ1v) is 21.4. The van der Waals surface area contributed by atoms with Gasteiger partial charge in [0.1, 0.15) is 17.5 Å². The highest BCUT2D eigenvalue weighted by molar-refractivity contribution is 7.91. The van der Waals surface area contributed by atoms with Gasteiger partial charge in [-0.05, 0) is 102 Å². The molecule has 5 aliphatic rings. The van der Waals surface area contributed by atoms with Gasteiger partial charge in [0.2, 0.25) is 27.7 Å². The van der Waals surface area contributed by atoms with Crippen molar-refractivity contribution in [1.29, 1.82) is 0 Å². The van der Waals surface area contributed by atoms with Crippen LogP contribution in [0.25, 0.3) is 10.8 Å². The lowest BCUT2D eigenvalue weighted by Crippen LogP contribution is -2.48. The number of nitrogens with one attached hydrogen (secondary N) is 1. The number of esters is 1. The minimum Gasteiger partial charge on any atom is -0.492 e. The van der Waals surface area contributed by atoms with Crippen LogP contribution < -0.4 is 14.2 Å². The molecule has 55 heavy (non-hydrogen) atoms. The van der Waals surface area contributed by atoms with E-state index in [0.717, 1.165) is 41.3 Å². The second kappa shape index (κ2) is 14.5. The second-order valence-corrected chi connectivity index (χ2v) is 20.3. The molecule has 2 aromatic rings. The predicted molar refractivity (Wildman–Crippen MR) is 206 cm³/mol. The lowest BCUT2D eigenvalue weighted by atomic mass is 9.82. The Morgan fingerprint density at radius 1 is 1.09 bits per heavy atom. The molecule has 1 aromatic carbocycles. The summed E-state index contributed by atoms with van der Waals surface area (Å²) in [6.07, 6.45) is 9.06. The van der Waals surface area contributed by atoms with Crippen molar-refractivity contribution in [3.63, 3.8) is 0 Å². The van der Waals surface area contributed by atoms with Crippen LogP contribution >= 0.6 is 0 Å². The third kappa shape index (κ3) is 8.00. The average Bonchev–Trinajstić information content (AvgIpc) is 3.88. The van der Waals surface area contributed by atoms with Gasteiger partial charge in [-0.25, -0.2) is 13.4 Å². The number of fused-ring (bicyclic) bond motifs is 5. The third-order valence-electron chi connectivity index (χ3n) is 12.4. The van der Waals surface area contributed by atoms with E-state index in [1.807, 2.05) is 37.3 Å². The zero-order valence-electron chi connectivity index (χ0n) is 32.9. The summed E-state index contributed by atoms with van der Waals surface area (Å²) < 4.78 is 46.0. The first kappa shape index (κ1) is 39.2. The maximum atomic E-state index is 14.9. The number of rotatable bonds is 7. The van der Waals surface area contributed by atoms with Crippen LogP contribution in [-0.4, -0.2) is 77.5 Å². The molecule has 7 rings (SSSR count). The van der Waals surface area contributed by atoms with Crippen molar-refractivity contribution in [1.82, 2.24) is 14.6 Å². The van der Waals surface area contributed by atoms with Crippen LogP contribution in [0.15, 0.2) is 36.5 Å². The van der Waals surface area contributed by atoms with Crippen LogP contribution in [-0.2, 0) is 40.4 Å². The van der Waals surface area contributed by atoms with E-state index in [1.54, 1.807) is 33.9 Å². The lowest BCUT2D eigenvalue weighted by Gasteiger charge is -2.32. The van der Waals surface area contributed by atoms with Crippen LogP contribution in [0, 0.1) is 29.1 Å². The molecular weight excluding hydrogens is 723 g/mol. The molecule has 2 aliphatic carbocycles. The summed E-state index contributed by atoms with van der Waals surface area (Å²) in [7, 11) is -3.95. The van der Waals surface area contributed by atoms with Crippen LogP contribution in [0.1, 0.15) is 105 Å². The number of carbonyl (C=O) groups excluding carboxylic acids is 4. The lowest BCUT2D eigenvalue weighted by molar-refractivity contribution is -0.160. The fraction of sp³-hybridized carbons (Fsp3) is 0.643. The van der Waals surface area contributed by atoms with E-state index >= 15 is 0 Å². The van der Waals surface area contributed by atoms with Crippen molar-refractivity contribution in [3.05, 3.63) is 42.1 Å². The van der Waals surface area contributed by atoms with E-state index in [4.69, 9.17) is 14.2 Å². The molecule has 12 nitrogen and oxygen atoms in total. The van der Waals surface area contributed by atoms with Gasteiger partial charge in [-0.1, -0.05) is 32.1 Å². The summed E-state index contributed by atoms with van der Waals surface area (Å²) in [5.74, 6) is -1.76. The minimum absolute atomic E-state index is 0.0666. The highest BCUT2D eigenvalue weighted by Gasteiger charge is 2.62. The van der Waals surface area contributed by atoms with Crippen molar-refractivity contribution >= 4 is 44.4 Å². The Bertz CT molecular complexity index is 2020. The van der Waals surface area contributed by atoms with Gasteiger partial charge >= 0.3 is 5.97 Å². The molecule has 0 spiro atoms. The molecular formula is C42H55N3O9S. The summed E-state index contributed by atoms with van der Waals surface area (Å²) in [6.45, 7) is 11.7. The number of carbonyl (C=O) groups is 4. The second-order valence-electron chi connectivity index (χ2n) is 18.1. The highest BCUT2D eigenvalue weighted by Crippen LogP contribution is 2.58. The molecule has 0 bridgehead atoms. The van der Waals surface area contributed by atoms with Gasteiger partial charge in [0.05, 0.1) is 41.7 Å². The summed E-state index contributed by atoms with van der Waals surface area (Å²) in [5, 5.41) is 1.63. The van der Waals surface area contributed by atoms with Crippen LogP contribution in [0.3, 0.4) is 0 Å². The fourth-order valence-electron chi connectivity index (χ4n) is 8.78. The number of aromatic nitrogens is 1. The third-order valence-corrected chi connectivity index (χ3v) is 14.6. The number of sulfonamides is 1. The van der Waals surface area contributed by atoms with Gasteiger partial charge in [-0.15, -0.1) is 0 Å². The highest BCUT2D eigenvalue weighted by atomic mass is 32.2. The van der Waals surface area contributed by atoms with Gasteiger partial charge in [-0.2, -0.15) is 0 Å². The Hall–Kier alpha value is -4.00. The molecule has 2 saturated carbocycles. The number of benzene rings is 1. The van der Waals surface area contributed by atoms with Gasteiger partial charge in [0.15, 0.2) is 5.78 Å². The van der Waals surface area contributed by atoms with Crippen molar-refractivity contribution in [2.24, 2.45) is 29.1 Å². The zero-order chi connectivity index (χ0) is 39.5. The molecule has 1 saturated heterocycles. The first-order chi connectivity index (χ1) is 25.9. The van der Waals surface area contributed by atoms with E-state index in [2.05, 4.69) is 16.6 Å². The number of nitrogens with zero attached hydrogens (tertiary/aromatic N) is 2. The van der Waals surface area contributed by atoms with E-state index in [-0.39, 0.29) is 55.3 Å². The molecule has 1 aromatic heterocycles. The number of allylic oxidation sites excluding steroid dienone is 2. The SMILES string of the molecule is CC1CC/C=C\[C@@H]2C[C@@]2(C(=O)NS(=O)(=O)C2(C)CC2)CC(=O)[C@@H]2C[C@@H](Oc3nccc4c5c(ccc34)CCO5)CN2C(=O)[C@@H](CC(=O)OC(C)(C)C)[C@H](C)C1. The number of ketones is 1. The van der Waals surface area contributed by atoms with Gasteiger partial charge in [-0.3, -0.25) is 23.9 Å². The summed E-state index contributed by atoms with van der Waals surface area (Å²) in [5.41, 5.74) is -0.895. The van der Waals surface area contributed by atoms with Crippen molar-refractivity contribution < 1.29 is 41.8 Å². The standard InChI is InChI=1S/C42H55N3O9S/c1-25-9-7-8-10-28-22-42(28,39(49)44-55(50,51)41(6)15-16-41)23-34(46)33-20-29(53-37-31-12-11-27-14-18-52-36(27)30(31)13-17-43-37)24-45(33)38(48)32(26(2)19-25)21-35(47)54-40(3,4)5/h8,10-13,17,25-26,28-29,32-33H,7,9,14-16,18-24H2,1-6H3,(H,44,49)/b10-8-/t25?,26-,28-,29-,32+,33+,42-/m1/s1. The van der Waals surface area contributed by atoms with Crippen LogP contribution in [0.5, 0.6) is 11.6 Å². The summed E-state index contributed by atoms with van der Waals surface area (Å²) in [4.78, 5) is 63.0. The molecule has 1 unspecified atom stereocenters. The van der Waals surface area contributed by atoms with Crippen LogP contribution in [0.2, 0.25) is 0 Å². The summed E-state index contributed by atoms with van der Waals surface area (Å²) in [6, 6.07) is 4.87. The Labute approximate surface area is 324 Å². The van der Waals surface area contributed by atoms with Gasteiger partial charge in [0, 0.05) is 36.2 Å². The number of ether oxygens (including phenoxy) is 3. The smallest absolute Gasteiger partial charge is 0.307 e. The Morgan fingerprint density at radius 3 is 2.58 bits per heavy atom. The number of Topliss-reactive ketones (excluding diaryl/α,β-unsaturated/α-hetero) is 1. The summed E-state index contributed by atoms with van der Waals surface area (Å²) >= 11 is 0. The Kier molecular flexibility index (Phi) is 10.3. The van der Waals surface area contributed by atoms with E-state index in [9.17, 15) is 27.6 Å². The number of amides is 2. The Morgan fingerprint density at radius 2 is 1.85 bits per heavy atom. The molecule has 298 valence electrons. The quantitative estimate of drug-likeness (QED) is 0.268. The molecule has 7 atom stereocenters. The normalized spacial score (nSPS) is 31.2. The largest absolute Gasteiger partial charge is 0.492 e. The van der Waals surface area contributed by atoms with Crippen molar-refractivity contribution in [2.45, 2.75) is 128 Å². The van der Waals surface area contributed by atoms with E-state index < -0.39 is 55.7 Å². The van der Waals surface area contributed by atoms with Crippen molar-refractivity contribution in [2.75, 3.05) is 13.2 Å². The van der Waals surface area contributed by atoms with Crippen LogP contribution in [0.4, 0.5) is 0 Å². The Balaban J connectivity index is 1.22. The monoisotopic (exact) mass is 777 g/mol. The van der Waals surface area contributed by atoms with E-state index in [0.29, 0.717) is 38.2 Å². The minimum atomic E-state index is -3.95. The number of pyridine rings is 1. The number of hydrogen-bond acceptors (Lipinski definition) is 10. The molecule has 2 amide bonds. The molecule has 3 fully saturated rings. The molecule has 1 N–H and O–H groups in total. The zero-order valence-corrected chi connectivity index (χ0v) is 33.7. The number of hydrogen-bond donors (Lipinski definition) is 1. The molecule has 3 aliphatic heterocycles. The average molecular weight is 778 g/mol. The maximum absolute atomic E-state index is 14.9. The molecule has 4 heterocycles. The van der Waals surface area contributed by atoms with E-state index in [1.165, 1.54) is 4.90 Å². The molecule has 0 radical (unpaired) electrons. The predicted octanol–water partition coefficient (Wildman–Crippen LogP) is 5.84. The molecule has 13 heteroatoms. The van der Waals surface area contributed by atoms with Gasteiger partial charge in [0.25, 0.3) is 0 Å². The topological polar surface area (TPSA) is 158 Å². The first-order valence-electron chi connectivity index (χ1n) is 19.9.